The third-order valence-electron chi connectivity index (χ3n) is 7.39. The molecule has 0 aromatic heterocycles. The van der Waals surface area contributed by atoms with Crippen molar-refractivity contribution in [2.24, 2.45) is 9.98 Å². The lowest BCUT2D eigenvalue weighted by atomic mass is 9.93. The number of aliphatic imine (C=N–C) groups is 2. The minimum absolute atomic E-state index is 0.0204. The molecule has 8 nitrogen and oxygen atoms in total. The second kappa shape index (κ2) is 12.7. The van der Waals surface area contributed by atoms with Crippen LogP contribution in [0.2, 0.25) is 0 Å². The van der Waals surface area contributed by atoms with Crippen molar-refractivity contribution in [3.63, 3.8) is 0 Å². The van der Waals surface area contributed by atoms with Gasteiger partial charge in [-0.25, -0.2) is 0 Å². The van der Waals surface area contributed by atoms with E-state index in [0.29, 0.717) is 0 Å². The smallest absolute Gasteiger partial charge is 0.269 e. The van der Waals surface area contributed by atoms with E-state index in [9.17, 15) is 20.2 Å². The van der Waals surface area contributed by atoms with Gasteiger partial charge in [0, 0.05) is 36.7 Å². The van der Waals surface area contributed by atoms with Crippen molar-refractivity contribution in [1.82, 2.24) is 0 Å². The highest BCUT2D eigenvalue weighted by Crippen LogP contribution is 2.37. The average Bonchev–Trinajstić information content (AvgIpc) is 2.92. The normalized spacial score (nSPS) is 13.0. The lowest BCUT2D eigenvalue weighted by molar-refractivity contribution is -0.385. The summed E-state index contributed by atoms with van der Waals surface area (Å²) < 4.78 is 0. The minimum atomic E-state index is -0.574. The van der Waals surface area contributed by atoms with Crippen LogP contribution in [0.4, 0.5) is 11.4 Å². The average molecular weight is 563 g/mol. The number of nitro benzene ring substituents is 2. The van der Waals surface area contributed by atoms with Crippen molar-refractivity contribution in [2.75, 3.05) is 0 Å². The Morgan fingerprint density at radius 3 is 1.10 bits per heavy atom. The van der Waals surface area contributed by atoms with Crippen molar-refractivity contribution in [3.05, 3.63) is 149 Å². The van der Waals surface area contributed by atoms with Gasteiger partial charge in [-0.05, 0) is 110 Å². The molecule has 214 valence electrons. The Bertz CT molecular complexity index is 1520. The maximum Gasteiger partial charge on any atom is 0.269 e. The van der Waals surface area contributed by atoms with Crippen LogP contribution < -0.4 is 0 Å². The highest BCUT2D eigenvalue weighted by atomic mass is 16.6. The number of benzene rings is 4. The number of nitrogens with zero attached hydrogens (tertiary/aromatic N) is 4. The third-order valence-corrected chi connectivity index (χ3v) is 7.39. The summed E-state index contributed by atoms with van der Waals surface area (Å²) >= 11 is 0. The van der Waals surface area contributed by atoms with E-state index < -0.39 is 21.9 Å². The van der Waals surface area contributed by atoms with Crippen LogP contribution in [0.15, 0.2) is 82.8 Å². The van der Waals surface area contributed by atoms with Gasteiger partial charge in [-0.1, -0.05) is 35.4 Å². The summed E-state index contributed by atoms with van der Waals surface area (Å²) in [5, 5.41) is 22.8. The van der Waals surface area contributed by atoms with Crippen molar-refractivity contribution in [2.45, 2.75) is 53.6 Å². The van der Waals surface area contributed by atoms with Crippen molar-refractivity contribution >= 4 is 23.8 Å². The summed E-state index contributed by atoms with van der Waals surface area (Å²) in [7, 11) is 0. The van der Waals surface area contributed by atoms with Gasteiger partial charge >= 0.3 is 0 Å². The van der Waals surface area contributed by atoms with Gasteiger partial charge < -0.3 is 0 Å². The van der Waals surface area contributed by atoms with E-state index >= 15 is 0 Å². The van der Waals surface area contributed by atoms with Crippen LogP contribution in [0.25, 0.3) is 0 Å². The Morgan fingerprint density at radius 1 is 0.548 bits per heavy atom. The van der Waals surface area contributed by atoms with Gasteiger partial charge in [0.25, 0.3) is 11.4 Å². The molecule has 0 aliphatic rings. The van der Waals surface area contributed by atoms with Crippen molar-refractivity contribution in [3.8, 4) is 0 Å². The van der Waals surface area contributed by atoms with Gasteiger partial charge in [-0.15, -0.1) is 0 Å². The maximum absolute atomic E-state index is 11.4. The summed E-state index contributed by atoms with van der Waals surface area (Å²) in [5.41, 5.74) is 10.1. The van der Waals surface area contributed by atoms with E-state index in [4.69, 9.17) is 9.98 Å². The Hall–Kier alpha value is -4.98. The monoisotopic (exact) mass is 562 g/mol. The maximum atomic E-state index is 11.4. The Labute approximate surface area is 245 Å². The summed E-state index contributed by atoms with van der Waals surface area (Å²) in [5.74, 6) is 0. The highest BCUT2D eigenvalue weighted by molar-refractivity contribution is 5.85. The first-order valence-corrected chi connectivity index (χ1v) is 13.7. The Balaban J connectivity index is 1.91. The van der Waals surface area contributed by atoms with Gasteiger partial charge in [0.2, 0.25) is 0 Å². The summed E-state index contributed by atoms with van der Waals surface area (Å²) in [6.07, 6.45) is 3.68. The molecule has 8 heteroatoms. The SMILES string of the molecule is Cc1cc(C)c(C=N[C@H](c2ccc([N+](=O)[O-])cc2)[C@H](N=Cc2c(C)cc(C)cc2C)c2ccc([N+](=O)[O-])cc2)c(C)c1. The van der Waals surface area contributed by atoms with Crippen molar-refractivity contribution < 1.29 is 9.85 Å². The largest absolute Gasteiger partial charge is 0.282 e. The lowest BCUT2D eigenvalue weighted by Gasteiger charge is -2.22. The van der Waals surface area contributed by atoms with E-state index in [1.165, 1.54) is 24.3 Å². The number of rotatable bonds is 9. The van der Waals surface area contributed by atoms with E-state index in [2.05, 4.69) is 38.1 Å². The molecular formula is C34H34N4O4. The number of aryl methyl sites for hydroxylation is 6. The van der Waals surface area contributed by atoms with Gasteiger partial charge in [-0.2, -0.15) is 0 Å². The molecule has 0 aliphatic heterocycles. The van der Waals surface area contributed by atoms with E-state index in [1.807, 2.05) is 40.1 Å². The van der Waals surface area contributed by atoms with E-state index in [0.717, 1.165) is 55.6 Å². The zero-order valence-corrected chi connectivity index (χ0v) is 24.7. The molecule has 0 amide bonds. The van der Waals surface area contributed by atoms with Crippen LogP contribution in [-0.2, 0) is 0 Å². The standard InChI is InChI=1S/C34H34N4O4/c1-21-15-23(3)31(24(4)16-21)19-35-33(27-7-11-29(12-8-27)37(39)40)34(28-9-13-30(14-10-28)38(41)42)36-20-32-25(5)17-22(2)18-26(32)6/h7-20,33-34H,1-6H3/t33-,34-/m1/s1. The Morgan fingerprint density at radius 2 is 0.833 bits per heavy atom. The summed E-state index contributed by atoms with van der Waals surface area (Å²) in [6.45, 7) is 12.3. The fourth-order valence-corrected chi connectivity index (χ4v) is 5.39. The quantitative estimate of drug-likeness (QED) is 0.116. The second-order valence-electron chi connectivity index (χ2n) is 10.8. The van der Waals surface area contributed by atoms with E-state index in [-0.39, 0.29) is 11.4 Å². The number of hydrogen-bond acceptors (Lipinski definition) is 6. The molecular weight excluding hydrogens is 528 g/mol. The summed E-state index contributed by atoms with van der Waals surface area (Å²) in [4.78, 5) is 32.0. The molecule has 0 bridgehead atoms. The van der Waals surface area contributed by atoms with Gasteiger partial charge in [0.05, 0.1) is 9.85 Å². The molecule has 0 spiro atoms. The van der Waals surface area contributed by atoms with Gasteiger partial charge in [0.15, 0.2) is 0 Å². The van der Waals surface area contributed by atoms with Crippen molar-refractivity contribution in [1.29, 1.82) is 0 Å². The molecule has 0 aliphatic carbocycles. The molecule has 0 saturated heterocycles. The molecule has 2 atom stereocenters. The Kier molecular flexibility index (Phi) is 9.06. The topological polar surface area (TPSA) is 111 Å². The first-order valence-electron chi connectivity index (χ1n) is 13.7. The van der Waals surface area contributed by atoms with Gasteiger partial charge in [0.1, 0.15) is 12.1 Å². The molecule has 0 radical (unpaired) electrons. The molecule has 42 heavy (non-hydrogen) atoms. The van der Waals surface area contributed by atoms with Gasteiger partial charge in [-0.3, -0.25) is 30.2 Å². The predicted molar refractivity (Wildman–Crippen MR) is 168 cm³/mol. The second-order valence-corrected chi connectivity index (χ2v) is 10.8. The number of non-ortho nitro benzene ring substituents is 2. The zero-order valence-electron chi connectivity index (χ0n) is 24.7. The first kappa shape index (κ1) is 30.0. The highest BCUT2D eigenvalue weighted by Gasteiger charge is 2.25. The molecule has 4 rings (SSSR count). The lowest BCUT2D eigenvalue weighted by Crippen LogP contribution is -2.10. The molecule has 0 saturated carbocycles. The first-order chi connectivity index (χ1) is 19.9. The van der Waals surface area contributed by atoms with Crippen LogP contribution in [0.5, 0.6) is 0 Å². The third kappa shape index (κ3) is 6.83. The fraction of sp³-hybridized carbons (Fsp3) is 0.235. The van der Waals surface area contributed by atoms with Crippen LogP contribution in [0, 0.1) is 61.8 Å². The van der Waals surface area contributed by atoms with Crippen LogP contribution in [0.3, 0.4) is 0 Å². The minimum Gasteiger partial charge on any atom is -0.282 e. The number of hydrogen-bond donors (Lipinski definition) is 0. The fourth-order valence-electron chi connectivity index (χ4n) is 5.39. The van der Waals surface area contributed by atoms with E-state index in [1.54, 1.807) is 24.3 Å². The molecule has 0 heterocycles. The molecule has 4 aromatic carbocycles. The molecule has 0 N–H and O–H groups in total. The molecule has 0 unspecified atom stereocenters. The molecule has 0 fully saturated rings. The van der Waals surface area contributed by atoms with Crippen LogP contribution in [0.1, 0.15) is 67.7 Å². The van der Waals surface area contributed by atoms with Crippen LogP contribution >= 0.6 is 0 Å². The number of nitro groups is 2. The summed E-state index contributed by atoms with van der Waals surface area (Å²) in [6, 6.07) is 19.9. The van der Waals surface area contributed by atoms with Crippen LogP contribution in [-0.4, -0.2) is 22.3 Å². The predicted octanol–water partition coefficient (Wildman–Crippen LogP) is 8.37. The zero-order chi connectivity index (χ0) is 30.6. The molecule has 4 aromatic rings.